The van der Waals surface area contributed by atoms with Gasteiger partial charge in [0.1, 0.15) is 17.3 Å². The summed E-state index contributed by atoms with van der Waals surface area (Å²) in [5.74, 6) is 0.697. The Morgan fingerprint density at radius 2 is 1.94 bits per heavy atom. The number of fused-ring (bicyclic) bond motifs is 1. The van der Waals surface area contributed by atoms with Crippen molar-refractivity contribution in [3.8, 4) is 22.6 Å². The lowest BCUT2D eigenvalue weighted by atomic mass is 9.91. The first-order valence-electron chi connectivity index (χ1n) is 11.7. The smallest absolute Gasteiger partial charge is 0.224 e. The summed E-state index contributed by atoms with van der Waals surface area (Å²) in [6, 6.07) is 11.3. The molecule has 0 spiro atoms. The Hall–Kier alpha value is -3.19. The van der Waals surface area contributed by atoms with Gasteiger partial charge >= 0.3 is 0 Å². The summed E-state index contributed by atoms with van der Waals surface area (Å²) < 4.78 is 24.0. The molecule has 6 nitrogen and oxygen atoms in total. The van der Waals surface area contributed by atoms with E-state index < -0.39 is 5.82 Å². The summed E-state index contributed by atoms with van der Waals surface area (Å²) in [4.78, 5) is 14.0. The van der Waals surface area contributed by atoms with E-state index in [0.29, 0.717) is 35.2 Å². The second-order valence-electron chi connectivity index (χ2n) is 8.94. The largest absolute Gasteiger partial charge is 0.456 e. The molecule has 1 N–H and O–H groups in total. The summed E-state index contributed by atoms with van der Waals surface area (Å²) in [7, 11) is 0. The van der Waals surface area contributed by atoms with Crippen LogP contribution >= 0.6 is 0 Å². The van der Waals surface area contributed by atoms with Crippen LogP contribution in [0.4, 0.5) is 10.1 Å². The first-order chi connectivity index (χ1) is 16.0. The maximum atomic E-state index is 15.6. The Bertz CT molecular complexity index is 1150. The Morgan fingerprint density at radius 1 is 1.18 bits per heavy atom. The summed E-state index contributed by atoms with van der Waals surface area (Å²) >= 11 is 0. The van der Waals surface area contributed by atoms with Crippen LogP contribution in [0, 0.1) is 5.82 Å². The summed E-state index contributed by atoms with van der Waals surface area (Å²) in [5.41, 5.74) is 2.54. The van der Waals surface area contributed by atoms with Crippen molar-refractivity contribution >= 4 is 11.6 Å². The number of aromatic nitrogens is 2. The molecule has 3 heterocycles. The fourth-order valence-electron chi connectivity index (χ4n) is 5.02. The zero-order chi connectivity index (χ0) is 22.9. The van der Waals surface area contributed by atoms with Gasteiger partial charge < -0.3 is 15.0 Å². The lowest BCUT2D eigenvalue weighted by Gasteiger charge is -2.36. The minimum atomic E-state index is -0.406. The average Bonchev–Trinajstić information content (AvgIpc) is 3.32. The summed E-state index contributed by atoms with van der Waals surface area (Å²) in [6.07, 6.45) is 7.18. The summed E-state index contributed by atoms with van der Waals surface area (Å²) in [6.45, 7) is 5.38. The number of nitrogens with zero attached hydrogens (tertiary/aromatic N) is 3. The van der Waals surface area contributed by atoms with Crippen molar-refractivity contribution in [3.63, 3.8) is 0 Å². The predicted molar refractivity (Wildman–Crippen MR) is 126 cm³/mol. The molecular formula is C26H29FN4O2. The fraction of sp³-hybridized carbons (Fsp3) is 0.385. The molecule has 3 aromatic rings. The van der Waals surface area contributed by atoms with E-state index in [2.05, 4.69) is 10.4 Å². The minimum Gasteiger partial charge on any atom is -0.456 e. The topological polar surface area (TPSA) is 59.4 Å². The Labute approximate surface area is 193 Å². The molecule has 2 aliphatic heterocycles. The third-order valence-electron chi connectivity index (χ3n) is 6.69. The number of para-hydroxylation sites is 1. The molecule has 1 atom stereocenters. The molecule has 1 fully saturated rings. The van der Waals surface area contributed by atoms with Crippen LogP contribution in [0.15, 0.2) is 48.8 Å². The normalized spacial score (nSPS) is 18.8. The van der Waals surface area contributed by atoms with Gasteiger partial charge in [0.25, 0.3) is 0 Å². The number of hydrogen-bond donors (Lipinski definition) is 1. The van der Waals surface area contributed by atoms with E-state index >= 15 is 4.39 Å². The molecule has 0 saturated carbocycles. The molecule has 5 rings (SSSR count). The third kappa shape index (κ3) is 4.13. The molecule has 0 aliphatic carbocycles. The quantitative estimate of drug-likeness (QED) is 0.604. The molecule has 7 heteroatoms. The highest BCUT2D eigenvalue weighted by atomic mass is 19.1. The molecule has 1 amide bonds. The third-order valence-corrected chi connectivity index (χ3v) is 6.69. The minimum absolute atomic E-state index is 0.0670. The number of nitrogens with one attached hydrogen (secondary N) is 1. The van der Waals surface area contributed by atoms with Gasteiger partial charge in [0.2, 0.25) is 5.91 Å². The van der Waals surface area contributed by atoms with Crippen molar-refractivity contribution < 1.29 is 13.9 Å². The number of anilines is 1. The van der Waals surface area contributed by atoms with Gasteiger partial charge in [-0.3, -0.25) is 9.48 Å². The van der Waals surface area contributed by atoms with Crippen molar-refractivity contribution in [1.82, 2.24) is 15.1 Å². The van der Waals surface area contributed by atoms with Crippen LogP contribution in [-0.4, -0.2) is 34.8 Å². The van der Waals surface area contributed by atoms with Gasteiger partial charge in [-0.05, 0) is 63.9 Å². The highest BCUT2D eigenvalue weighted by Gasteiger charge is 2.33. The molecular weight excluding hydrogens is 419 g/mol. The van der Waals surface area contributed by atoms with Crippen molar-refractivity contribution in [1.29, 1.82) is 0 Å². The molecule has 2 aromatic carbocycles. The van der Waals surface area contributed by atoms with Gasteiger partial charge in [0.15, 0.2) is 0 Å². The highest BCUT2D eigenvalue weighted by Crippen LogP contribution is 2.46. The SMILES string of the molecule is CC(=O)N1c2c(F)cc(-c3cnn(C4CCNCC4)c3)c(Oc3ccccc3)c2CC[C@@H]1C. The van der Waals surface area contributed by atoms with Crippen LogP contribution in [0.1, 0.15) is 44.7 Å². The van der Waals surface area contributed by atoms with Crippen LogP contribution in [0.2, 0.25) is 0 Å². The zero-order valence-corrected chi connectivity index (χ0v) is 19.1. The number of rotatable bonds is 4. The second-order valence-corrected chi connectivity index (χ2v) is 8.94. The Balaban J connectivity index is 1.64. The molecule has 172 valence electrons. The number of amides is 1. The summed E-state index contributed by atoms with van der Waals surface area (Å²) in [5, 5.41) is 7.98. The van der Waals surface area contributed by atoms with E-state index in [1.165, 1.54) is 13.0 Å². The van der Waals surface area contributed by atoms with E-state index in [4.69, 9.17) is 4.74 Å². The van der Waals surface area contributed by atoms with Crippen LogP contribution in [0.5, 0.6) is 11.5 Å². The van der Waals surface area contributed by atoms with Crippen molar-refractivity contribution in [3.05, 3.63) is 60.2 Å². The monoisotopic (exact) mass is 448 g/mol. The number of carbonyl (C=O) groups excluding carboxylic acids is 1. The molecule has 1 aromatic heterocycles. The van der Waals surface area contributed by atoms with E-state index in [9.17, 15) is 4.79 Å². The van der Waals surface area contributed by atoms with Gasteiger partial charge in [0.05, 0.1) is 17.9 Å². The molecule has 0 unspecified atom stereocenters. The maximum absolute atomic E-state index is 15.6. The first-order valence-corrected chi connectivity index (χ1v) is 11.7. The zero-order valence-electron chi connectivity index (χ0n) is 19.1. The predicted octanol–water partition coefficient (Wildman–Crippen LogP) is 5.09. The number of piperidine rings is 1. The van der Waals surface area contributed by atoms with Crippen molar-refractivity contribution in [2.45, 2.75) is 51.6 Å². The first kappa shape index (κ1) is 21.6. The molecule has 1 saturated heterocycles. The van der Waals surface area contributed by atoms with Crippen LogP contribution < -0.4 is 15.0 Å². The molecule has 0 radical (unpaired) electrons. The van der Waals surface area contributed by atoms with Gasteiger partial charge in [-0.2, -0.15) is 5.10 Å². The van der Waals surface area contributed by atoms with Gasteiger partial charge in [-0.15, -0.1) is 0 Å². The highest BCUT2D eigenvalue weighted by molar-refractivity contribution is 5.95. The number of carbonyl (C=O) groups is 1. The fourth-order valence-corrected chi connectivity index (χ4v) is 5.02. The Kier molecular flexibility index (Phi) is 5.89. The van der Waals surface area contributed by atoms with Crippen molar-refractivity contribution in [2.24, 2.45) is 0 Å². The van der Waals surface area contributed by atoms with E-state index in [0.717, 1.165) is 43.5 Å². The van der Waals surface area contributed by atoms with Crippen LogP contribution in [-0.2, 0) is 11.2 Å². The van der Waals surface area contributed by atoms with Crippen LogP contribution in [0.3, 0.4) is 0 Å². The lowest BCUT2D eigenvalue weighted by Crippen LogP contribution is -2.41. The number of benzene rings is 2. The second kappa shape index (κ2) is 8.98. The molecule has 0 bridgehead atoms. The lowest BCUT2D eigenvalue weighted by molar-refractivity contribution is -0.117. The number of halogens is 1. The van der Waals surface area contributed by atoms with E-state index in [1.807, 2.05) is 48.1 Å². The Morgan fingerprint density at radius 3 is 2.67 bits per heavy atom. The average molecular weight is 449 g/mol. The number of ether oxygens (including phenoxy) is 1. The van der Waals surface area contributed by atoms with E-state index in [1.54, 1.807) is 11.1 Å². The molecule has 2 aliphatic rings. The standard InChI is InChI=1S/C26H29FN4O2/c1-17-8-9-22-25(31(17)18(2)32)24(27)14-23(26(22)33-21-6-4-3-5-7-21)19-15-29-30(16-19)20-10-12-28-13-11-20/h3-7,14-17,20,28H,8-13H2,1-2H3/t17-/m0/s1. The number of hydrogen-bond acceptors (Lipinski definition) is 4. The van der Waals surface area contributed by atoms with E-state index in [-0.39, 0.29) is 11.9 Å². The molecule has 33 heavy (non-hydrogen) atoms. The van der Waals surface area contributed by atoms with Gasteiger partial charge in [-0.1, -0.05) is 18.2 Å². The maximum Gasteiger partial charge on any atom is 0.224 e. The van der Waals surface area contributed by atoms with Gasteiger partial charge in [-0.25, -0.2) is 4.39 Å². The van der Waals surface area contributed by atoms with Crippen molar-refractivity contribution in [2.75, 3.05) is 18.0 Å². The van der Waals surface area contributed by atoms with Gasteiger partial charge in [0, 0.05) is 35.9 Å². The van der Waals surface area contributed by atoms with Crippen LogP contribution in [0.25, 0.3) is 11.1 Å².